The molecule has 31 heavy (non-hydrogen) atoms. The van der Waals surface area contributed by atoms with Gasteiger partial charge in [-0.2, -0.15) is 13.2 Å². The third-order valence-corrected chi connectivity index (χ3v) is 5.75. The van der Waals surface area contributed by atoms with Gasteiger partial charge in [0.05, 0.1) is 29.8 Å². The second kappa shape index (κ2) is 10.3. The van der Waals surface area contributed by atoms with Crippen LogP contribution in [0.25, 0.3) is 0 Å². The maximum atomic E-state index is 12.9. The Morgan fingerprint density at radius 1 is 1.26 bits per heavy atom. The van der Waals surface area contributed by atoms with Crippen LogP contribution >= 0.6 is 11.3 Å². The number of hydrogen-bond acceptors (Lipinski definition) is 5. The molecule has 1 aromatic heterocycles. The lowest BCUT2D eigenvalue weighted by Gasteiger charge is -2.35. The van der Waals surface area contributed by atoms with Gasteiger partial charge in [-0.1, -0.05) is 6.07 Å². The molecular formula is C21H23F3N2O4S. The fourth-order valence-corrected chi connectivity index (χ4v) is 3.97. The number of rotatable bonds is 7. The van der Waals surface area contributed by atoms with Crippen molar-refractivity contribution >= 4 is 23.2 Å². The number of carbonyl (C=O) groups excluding carboxylic acids is 2. The van der Waals surface area contributed by atoms with Gasteiger partial charge in [-0.05, 0) is 35.7 Å². The number of hydrogen-bond donors (Lipinski definition) is 0. The van der Waals surface area contributed by atoms with Gasteiger partial charge in [0.25, 0.3) is 11.8 Å². The summed E-state index contributed by atoms with van der Waals surface area (Å²) >= 11 is 1.36. The monoisotopic (exact) mass is 456 g/mol. The molecule has 168 valence electrons. The molecule has 0 spiro atoms. The van der Waals surface area contributed by atoms with Crippen LogP contribution in [0, 0.1) is 0 Å². The van der Waals surface area contributed by atoms with E-state index in [0.29, 0.717) is 24.6 Å². The van der Waals surface area contributed by atoms with Crippen LogP contribution in [0.1, 0.15) is 25.6 Å². The first kappa shape index (κ1) is 23.2. The van der Waals surface area contributed by atoms with Crippen molar-refractivity contribution in [2.24, 2.45) is 0 Å². The van der Waals surface area contributed by atoms with Gasteiger partial charge in [0.15, 0.2) is 0 Å². The van der Waals surface area contributed by atoms with Gasteiger partial charge < -0.3 is 19.3 Å². The molecule has 0 radical (unpaired) electrons. The molecule has 2 aromatic rings. The van der Waals surface area contributed by atoms with Crippen LogP contribution in [0.2, 0.25) is 0 Å². The van der Waals surface area contributed by atoms with Crippen molar-refractivity contribution in [2.75, 3.05) is 46.5 Å². The standard InChI is InChI=1S/C21H23F3N2O4S/c1-29-10-8-25(19(27)15-4-6-16(7-5-15)21(22,23)24)13-17-14-26(9-11-30-17)20(28)18-3-2-12-31-18/h2-7,12,17H,8-11,13-14H2,1H3. The predicted octanol–water partition coefficient (Wildman–Crippen LogP) is 3.40. The molecule has 10 heteroatoms. The van der Waals surface area contributed by atoms with E-state index >= 15 is 0 Å². The Hall–Kier alpha value is -2.43. The minimum atomic E-state index is -4.47. The zero-order valence-corrected chi connectivity index (χ0v) is 17.7. The number of amides is 2. The van der Waals surface area contributed by atoms with E-state index in [1.165, 1.54) is 35.5 Å². The molecule has 0 saturated carbocycles. The van der Waals surface area contributed by atoms with E-state index in [0.717, 1.165) is 12.1 Å². The number of morpholine rings is 1. The van der Waals surface area contributed by atoms with E-state index in [1.807, 2.05) is 11.4 Å². The van der Waals surface area contributed by atoms with E-state index in [4.69, 9.17) is 9.47 Å². The Balaban J connectivity index is 1.68. The van der Waals surface area contributed by atoms with Gasteiger partial charge >= 0.3 is 6.18 Å². The molecule has 1 aliphatic rings. The largest absolute Gasteiger partial charge is 0.416 e. The van der Waals surface area contributed by atoms with E-state index in [2.05, 4.69) is 0 Å². The Morgan fingerprint density at radius 3 is 2.61 bits per heavy atom. The highest BCUT2D eigenvalue weighted by molar-refractivity contribution is 7.12. The minimum absolute atomic E-state index is 0.0826. The summed E-state index contributed by atoms with van der Waals surface area (Å²) in [6.07, 6.45) is -4.88. The van der Waals surface area contributed by atoms with Gasteiger partial charge in [0.1, 0.15) is 0 Å². The van der Waals surface area contributed by atoms with Crippen molar-refractivity contribution in [1.82, 2.24) is 9.80 Å². The number of benzene rings is 1. The predicted molar refractivity (Wildman–Crippen MR) is 109 cm³/mol. The molecule has 1 unspecified atom stereocenters. The summed E-state index contributed by atoms with van der Waals surface area (Å²) in [6, 6.07) is 7.68. The maximum Gasteiger partial charge on any atom is 0.416 e. The van der Waals surface area contributed by atoms with Crippen LogP contribution in [-0.4, -0.2) is 74.2 Å². The topological polar surface area (TPSA) is 59.1 Å². The van der Waals surface area contributed by atoms with Gasteiger partial charge in [0.2, 0.25) is 0 Å². The van der Waals surface area contributed by atoms with E-state index in [-0.39, 0.29) is 31.2 Å². The first-order valence-corrected chi connectivity index (χ1v) is 10.6. The number of nitrogens with zero attached hydrogens (tertiary/aromatic N) is 2. The summed E-state index contributed by atoms with van der Waals surface area (Å²) in [5.41, 5.74) is -0.669. The van der Waals surface area contributed by atoms with Crippen LogP contribution in [0.5, 0.6) is 0 Å². The van der Waals surface area contributed by atoms with Crippen LogP contribution in [0.4, 0.5) is 13.2 Å². The van der Waals surface area contributed by atoms with Crippen molar-refractivity contribution in [3.05, 3.63) is 57.8 Å². The average molecular weight is 456 g/mol. The van der Waals surface area contributed by atoms with Gasteiger partial charge in [0, 0.05) is 38.9 Å². The second-order valence-corrected chi connectivity index (χ2v) is 7.99. The van der Waals surface area contributed by atoms with Crippen molar-refractivity contribution < 1.29 is 32.2 Å². The van der Waals surface area contributed by atoms with Crippen molar-refractivity contribution in [3.63, 3.8) is 0 Å². The summed E-state index contributed by atoms with van der Waals surface area (Å²) in [5, 5.41) is 1.83. The summed E-state index contributed by atoms with van der Waals surface area (Å²) in [5.74, 6) is -0.503. The molecule has 1 atom stereocenters. The van der Waals surface area contributed by atoms with Crippen molar-refractivity contribution in [3.8, 4) is 0 Å². The third kappa shape index (κ3) is 6.05. The Labute approximate surface area is 182 Å². The van der Waals surface area contributed by atoms with Crippen LogP contribution < -0.4 is 0 Å². The maximum absolute atomic E-state index is 12.9. The molecule has 0 N–H and O–H groups in total. The van der Waals surface area contributed by atoms with E-state index in [1.54, 1.807) is 11.0 Å². The smallest absolute Gasteiger partial charge is 0.383 e. The molecule has 1 fully saturated rings. The van der Waals surface area contributed by atoms with Crippen molar-refractivity contribution in [2.45, 2.75) is 12.3 Å². The highest BCUT2D eigenvalue weighted by Gasteiger charge is 2.31. The fraction of sp³-hybridized carbons (Fsp3) is 0.429. The zero-order valence-electron chi connectivity index (χ0n) is 16.9. The molecule has 6 nitrogen and oxygen atoms in total. The number of carbonyl (C=O) groups is 2. The van der Waals surface area contributed by atoms with E-state index in [9.17, 15) is 22.8 Å². The number of methoxy groups -OCH3 is 1. The Bertz CT molecular complexity index is 872. The normalized spacial score (nSPS) is 16.9. The number of thiophene rings is 1. The zero-order chi connectivity index (χ0) is 22.4. The SMILES string of the molecule is COCCN(CC1CN(C(=O)c2cccs2)CCO1)C(=O)c1ccc(C(F)(F)F)cc1. The fourth-order valence-electron chi connectivity index (χ4n) is 3.28. The quantitative estimate of drug-likeness (QED) is 0.641. The lowest BCUT2D eigenvalue weighted by atomic mass is 10.1. The minimum Gasteiger partial charge on any atom is -0.383 e. The molecule has 1 saturated heterocycles. The first-order chi connectivity index (χ1) is 14.8. The molecule has 0 bridgehead atoms. The number of ether oxygens (including phenoxy) is 2. The van der Waals surface area contributed by atoms with Gasteiger partial charge in [-0.15, -0.1) is 11.3 Å². The summed E-state index contributed by atoms with van der Waals surface area (Å²) in [7, 11) is 1.50. The lowest BCUT2D eigenvalue weighted by Crippen LogP contribution is -2.51. The first-order valence-electron chi connectivity index (χ1n) is 9.69. The van der Waals surface area contributed by atoms with Gasteiger partial charge in [-0.3, -0.25) is 9.59 Å². The molecular weight excluding hydrogens is 433 g/mol. The molecule has 1 aromatic carbocycles. The lowest BCUT2D eigenvalue weighted by molar-refractivity contribution is -0.137. The van der Waals surface area contributed by atoms with Gasteiger partial charge in [-0.25, -0.2) is 0 Å². The molecule has 0 aliphatic carbocycles. The Kier molecular flexibility index (Phi) is 7.69. The molecule has 2 heterocycles. The van der Waals surface area contributed by atoms with E-state index < -0.39 is 23.8 Å². The molecule has 2 amide bonds. The number of alkyl halides is 3. The highest BCUT2D eigenvalue weighted by Crippen LogP contribution is 2.29. The van der Waals surface area contributed by atoms with Crippen LogP contribution in [0.15, 0.2) is 41.8 Å². The average Bonchev–Trinajstić information content (AvgIpc) is 3.30. The summed E-state index contributed by atoms with van der Waals surface area (Å²) in [4.78, 5) is 29.4. The van der Waals surface area contributed by atoms with Crippen molar-refractivity contribution in [1.29, 1.82) is 0 Å². The third-order valence-electron chi connectivity index (χ3n) is 4.89. The molecule has 1 aliphatic heterocycles. The van der Waals surface area contributed by atoms with Crippen LogP contribution in [-0.2, 0) is 15.7 Å². The highest BCUT2D eigenvalue weighted by atomic mass is 32.1. The number of halogens is 3. The Morgan fingerprint density at radius 2 is 2.00 bits per heavy atom. The van der Waals surface area contributed by atoms with Crippen LogP contribution in [0.3, 0.4) is 0 Å². The summed E-state index contributed by atoms with van der Waals surface area (Å²) in [6.45, 7) is 1.82. The second-order valence-electron chi connectivity index (χ2n) is 7.04. The molecule has 3 rings (SSSR count). The summed E-state index contributed by atoms with van der Waals surface area (Å²) < 4.78 is 49.2.